The van der Waals surface area contributed by atoms with Crippen LogP contribution in [0.25, 0.3) is 89.7 Å². The Kier molecular flexibility index (Phi) is 5.12. The molecule has 0 saturated carbocycles. The number of hydrogen-bond donors (Lipinski definition) is 10. The molecular weight excluding hydrogens is 624 g/mol. The first kappa shape index (κ1) is 27.0. The van der Waals surface area contributed by atoms with Crippen molar-refractivity contribution in [3.8, 4) is 91.5 Å². The SMILES string of the molecule is Oc1cc2c(cc1O)-c1nc-2nc2[nH]c(nc3nc(nc4[nH]c(n1)c1cc(O)c(O)cc41)-c1cc(O)c(O)cc1-3)c1cc(O)c(O)cc21. The van der Waals surface area contributed by atoms with Crippen LogP contribution in [-0.4, -0.2) is 80.7 Å². The van der Waals surface area contributed by atoms with E-state index in [0.29, 0.717) is 43.8 Å². The zero-order valence-corrected chi connectivity index (χ0v) is 23.9. The topological polar surface area (TPSA) is 271 Å². The number of hydrogen-bond acceptors (Lipinski definition) is 14. The van der Waals surface area contributed by atoms with Gasteiger partial charge < -0.3 is 50.8 Å². The summed E-state index contributed by atoms with van der Waals surface area (Å²) in [5.41, 5.74) is 1.73. The highest BCUT2D eigenvalue weighted by Crippen LogP contribution is 2.44. The highest BCUT2D eigenvalue weighted by molar-refractivity contribution is 6.08. The molecule has 3 aromatic heterocycles. The highest BCUT2D eigenvalue weighted by atomic mass is 16.3. The Morgan fingerprint density at radius 3 is 0.729 bits per heavy atom. The van der Waals surface area contributed by atoms with Gasteiger partial charge in [-0.3, -0.25) is 0 Å². The molecule has 8 bridgehead atoms. The van der Waals surface area contributed by atoms with Crippen LogP contribution in [0, 0.1) is 0 Å². The predicted octanol–water partition coefficient (Wildman–Crippen LogP) is 4.51. The molecule has 2 aliphatic heterocycles. The minimum atomic E-state index is -0.441. The average Bonchev–Trinajstić information content (AvgIpc) is 3.74. The maximum atomic E-state index is 10.4. The summed E-state index contributed by atoms with van der Waals surface area (Å²) in [5.74, 6) is -3.30. The smallest absolute Gasteiger partial charge is 0.164 e. The van der Waals surface area contributed by atoms with E-state index in [9.17, 15) is 40.9 Å². The highest BCUT2D eigenvalue weighted by Gasteiger charge is 2.25. The molecule has 0 unspecified atom stereocenters. The maximum absolute atomic E-state index is 10.4. The van der Waals surface area contributed by atoms with E-state index in [-0.39, 0.29) is 45.9 Å². The van der Waals surface area contributed by atoms with Crippen molar-refractivity contribution in [2.75, 3.05) is 0 Å². The number of nitrogens with one attached hydrogen (secondary N) is 2. The Balaban J connectivity index is 1.52. The van der Waals surface area contributed by atoms with E-state index < -0.39 is 46.0 Å². The summed E-state index contributed by atoms with van der Waals surface area (Å²) in [5, 5.41) is 84.4. The number of fused-ring (bicyclic) bond motifs is 20. The zero-order valence-electron chi connectivity index (χ0n) is 23.9. The predicted molar refractivity (Wildman–Crippen MR) is 169 cm³/mol. The summed E-state index contributed by atoms with van der Waals surface area (Å²) in [6.07, 6.45) is 0. The van der Waals surface area contributed by atoms with Gasteiger partial charge in [-0.05, 0) is 48.5 Å². The fourth-order valence-electron chi connectivity index (χ4n) is 5.88. The third kappa shape index (κ3) is 3.76. The van der Waals surface area contributed by atoms with Gasteiger partial charge in [0.1, 0.15) is 22.6 Å². The molecule has 16 heteroatoms. The van der Waals surface area contributed by atoms with Gasteiger partial charge in [0.15, 0.2) is 69.3 Å². The third-order valence-electron chi connectivity index (χ3n) is 8.21. The van der Waals surface area contributed by atoms with Crippen molar-refractivity contribution >= 4 is 44.1 Å². The molecule has 0 radical (unpaired) electrons. The van der Waals surface area contributed by atoms with Crippen LogP contribution in [0.15, 0.2) is 48.5 Å². The molecule has 0 atom stereocenters. The van der Waals surface area contributed by atoms with E-state index in [2.05, 4.69) is 39.9 Å². The first-order valence-electron chi connectivity index (χ1n) is 14.1. The number of aromatic hydroxyl groups is 8. The minimum absolute atomic E-state index is 0.0502. The van der Waals surface area contributed by atoms with E-state index in [1.54, 1.807) is 0 Å². The van der Waals surface area contributed by atoms with Gasteiger partial charge in [0.2, 0.25) is 0 Å². The number of H-pyrrole nitrogens is 2. The summed E-state index contributed by atoms with van der Waals surface area (Å²) in [6, 6.07) is 10.2. The summed E-state index contributed by atoms with van der Waals surface area (Å²) in [7, 11) is 0. The fourth-order valence-corrected chi connectivity index (χ4v) is 5.88. The molecule has 234 valence electrons. The Morgan fingerprint density at radius 2 is 0.500 bits per heavy atom. The lowest BCUT2D eigenvalue weighted by Gasteiger charge is -2.02. The molecule has 5 heterocycles. The van der Waals surface area contributed by atoms with Crippen LogP contribution in [0.4, 0.5) is 0 Å². The van der Waals surface area contributed by atoms with Crippen LogP contribution in [-0.2, 0) is 0 Å². The molecule has 16 nitrogen and oxygen atoms in total. The van der Waals surface area contributed by atoms with Crippen molar-refractivity contribution in [3.63, 3.8) is 0 Å². The summed E-state index contributed by atoms with van der Waals surface area (Å²) < 4.78 is 0. The van der Waals surface area contributed by atoms with Gasteiger partial charge in [0.05, 0.1) is 0 Å². The van der Waals surface area contributed by atoms with Crippen molar-refractivity contribution in [2.45, 2.75) is 0 Å². The summed E-state index contributed by atoms with van der Waals surface area (Å²) >= 11 is 0. The Hall–Kier alpha value is -7.36. The zero-order chi connectivity index (χ0) is 33.2. The maximum Gasteiger partial charge on any atom is 0.164 e. The molecule has 0 amide bonds. The molecule has 0 fully saturated rings. The molecule has 10 N–H and O–H groups in total. The molecule has 48 heavy (non-hydrogen) atoms. The van der Waals surface area contributed by atoms with E-state index >= 15 is 0 Å². The molecule has 2 aliphatic rings. The average molecular weight is 643 g/mol. The molecule has 9 rings (SSSR count). The lowest BCUT2D eigenvalue weighted by Crippen LogP contribution is -1.83. The Labute approximate surface area is 264 Å². The number of nitrogens with zero attached hydrogens (tertiary/aromatic N) is 6. The quantitative estimate of drug-likeness (QED) is 0.102. The fraction of sp³-hybridized carbons (Fsp3) is 0. The second-order valence-corrected chi connectivity index (χ2v) is 11.2. The molecular formula is C32H18N8O8. The van der Waals surface area contributed by atoms with Crippen molar-refractivity contribution in [1.82, 2.24) is 39.9 Å². The van der Waals surface area contributed by atoms with Crippen LogP contribution in [0.1, 0.15) is 0 Å². The molecule has 7 aromatic rings. The first-order chi connectivity index (χ1) is 23.0. The molecule has 0 aliphatic carbocycles. The van der Waals surface area contributed by atoms with Gasteiger partial charge in [-0.1, -0.05) is 0 Å². The minimum Gasteiger partial charge on any atom is -0.504 e. The number of aromatic nitrogens is 8. The molecule has 4 aromatic carbocycles. The van der Waals surface area contributed by atoms with Gasteiger partial charge in [0.25, 0.3) is 0 Å². The van der Waals surface area contributed by atoms with Crippen molar-refractivity contribution < 1.29 is 40.9 Å². The van der Waals surface area contributed by atoms with Crippen LogP contribution in [0.5, 0.6) is 46.0 Å². The van der Waals surface area contributed by atoms with Gasteiger partial charge in [0, 0.05) is 43.8 Å². The van der Waals surface area contributed by atoms with Crippen molar-refractivity contribution in [1.29, 1.82) is 0 Å². The lowest BCUT2D eigenvalue weighted by molar-refractivity contribution is 0.404. The normalized spacial score (nSPS) is 12.0. The first-order valence-corrected chi connectivity index (χ1v) is 14.1. The number of phenols is 8. The monoisotopic (exact) mass is 642 g/mol. The van der Waals surface area contributed by atoms with Gasteiger partial charge in [-0.15, -0.1) is 0 Å². The van der Waals surface area contributed by atoms with E-state index in [0.717, 1.165) is 0 Å². The number of rotatable bonds is 0. The number of aromatic amines is 2. The molecule has 0 saturated heterocycles. The lowest BCUT2D eigenvalue weighted by atomic mass is 10.1. The van der Waals surface area contributed by atoms with Crippen molar-refractivity contribution in [2.24, 2.45) is 0 Å². The Morgan fingerprint density at radius 1 is 0.292 bits per heavy atom. The second-order valence-electron chi connectivity index (χ2n) is 11.2. The van der Waals surface area contributed by atoms with Crippen molar-refractivity contribution in [3.05, 3.63) is 48.5 Å². The van der Waals surface area contributed by atoms with Crippen LogP contribution in [0.3, 0.4) is 0 Å². The Bertz CT molecular complexity index is 2420. The van der Waals surface area contributed by atoms with Crippen LogP contribution in [0.2, 0.25) is 0 Å². The van der Waals surface area contributed by atoms with Gasteiger partial charge >= 0.3 is 0 Å². The van der Waals surface area contributed by atoms with E-state index in [1.807, 2.05) is 0 Å². The second kappa shape index (κ2) is 9.10. The van der Waals surface area contributed by atoms with E-state index in [1.165, 1.54) is 48.5 Å². The number of benzene rings is 4. The third-order valence-corrected chi connectivity index (χ3v) is 8.21. The van der Waals surface area contributed by atoms with Gasteiger partial charge in [-0.2, -0.15) is 0 Å². The number of phenolic OH excluding ortho intramolecular Hbond substituents is 8. The van der Waals surface area contributed by atoms with Gasteiger partial charge in [-0.25, -0.2) is 29.9 Å². The summed E-state index contributed by atoms with van der Waals surface area (Å²) in [6.45, 7) is 0. The van der Waals surface area contributed by atoms with E-state index in [4.69, 9.17) is 0 Å². The summed E-state index contributed by atoms with van der Waals surface area (Å²) in [4.78, 5) is 34.0. The van der Waals surface area contributed by atoms with Crippen LogP contribution < -0.4 is 0 Å². The molecule has 0 spiro atoms. The standard InChI is InChI=1S/C32H18N8O8/c41-17-1-9-10(2-18(17)42)26-33-25(9)37-27-11-3-19(43)20(44)4-12(11)29(34-27)39-31-15-7-23(47)24(48)8-16(15)32(36-31)40-30-14-6-22(46)21(45)5-13(14)28(35-30)38-26/h1-8,41-48H,(H2,33,34,35,36,37,38,39,40). The largest absolute Gasteiger partial charge is 0.504 e. The van der Waals surface area contributed by atoms with Crippen LogP contribution >= 0.6 is 0 Å².